The Hall–Kier alpha value is -3.44. The highest BCUT2D eigenvalue weighted by atomic mass is 28.4. The molecule has 0 fully saturated rings. The van der Waals surface area contributed by atoms with E-state index in [0.717, 1.165) is 16.5 Å². The van der Waals surface area contributed by atoms with Gasteiger partial charge in [-0.3, -0.25) is 4.98 Å². The van der Waals surface area contributed by atoms with Crippen LogP contribution >= 0.6 is 0 Å². The highest BCUT2D eigenvalue weighted by molar-refractivity contribution is 6.74. The highest BCUT2D eigenvalue weighted by Gasteiger charge is 2.38. The van der Waals surface area contributed by atoms with Crippen molar-refractivity contribution in [2.45, 2.75) is 105 Å². The molecular formula is C32H48N4O6Si. The van der Waals surface area contributed by atoms with Gasteiger partial charge in [0, 0.05) is 17.1 Å². The molecule has 0 bridgehead atoms. The Bertz CT molecular complexity index is 1450. The molecule has 2 aromatic heterocycles. The van der Waals surface area contributed by atoms with Gasteiger partial charge in [0.2, 0.25) is 0 Å². The molecule has 11 heteroatoms. The van der Waals surface area contributed by atoms with Crippen LogP contribution < -0.4 is 10.1 Å². The van der Waals surface area contributed by atoms with Gasteiger partial charge in [0.05, 0.1) is 30.6 Å². The summed E-state index contributed by atoms with van der Waals surface area (Å²) in [6, 6.07) is 7.63. The number of fused-ring (bicyclic) bond motifs is 1. The second-order valence-electron chi connectivity index (χ2n) is 14.3. The molecule has 1 aromatic carbocycles. The smallest absolute Gasteiger partial charge is 0.435 e. The molecule has 236 valence electrons. The zero-order chi connectivity index (χ0) is 32.4. The van der Waals surface area contributed by atoms with Crippen molar-refractivity contribution in [3.05, 3.63) is 42.4 Å². The minimum Gasteiger partial charge on any atom is -0.485 e. The summed E-state index contributed by atoms with van der Waals surface area (Å²) in [5.74, 6) is 0.536. The Morgan fingerprint density at radius 1 is 0.930 bits per heavy atom. The Labute approximate surface area is 256 Å². The number of hydrogen-bond donors (Lipinski definition) is 1. The van der Waals surface area contributed by atoms with Crippen LogP contribution in [-0.4, -0.2) is 65.7 Å². The van der Waals surface area contributed by atoms with Crippen molar-refractivity contribution in [3.63, 3.8) is 0 Å². The number of carbonyl (C=O) groups is 2. The van der Waals surface area contributed by atoms with Gasteiger partial charge in [0.15, 0.2) is 8.32 Å². The Morgan fingerprint density at radius 2 is 1.58 bits per heavy atom. The van der Waals surface area contributed by atoms with Gasteiger partial charge in [-0.1, -0.05) is 26.8 Å². The van der Waals surface area contributed by atoms with Gasteiger partial charge in [0.1, 0.15) is 23.1 Å². The summed E-state index contributed by atoms with van der Waals surface area (Å²) >= 11 is 0. The summed E-state index contributed by atoms with van der Waals surface area (Å²) in [5, 5.41) is 8.09. The van der Waals surface area contributed by atoms with E-state index in [-0.39, 0.29) is 11.6 Å². The van der Waals surface area contributed by atoms with Gasteiger partial charge < -0.3 is 24.0 Å². The molecule has 0 saturated heterocycles. The van der Waals surface area contributed by atoms with E-state index in [1.54, 1.807) is 12.4 Å². The van der Waals surface area contributed by atoms with Gasteiger partial charge in [0.25, 0.3) is 0 Å². The number of hydrogen-bond acceptors (Lipinski definition) is 8. The number of ether oxygens (including phenoxy) is 3. The maximum absolute atomic E-state index is 12.7. The van der Waals surface area contributed by atoms with Crippen molar-refractivity contribution in [2.75, 3.05) is 13.2 Å². The number of nitrogens with one attached hydrogen (secondary N) is 1. The highest BCUT2D eigenvalue weighted by Crippen LogP contribution is 2.37. The number of rotatable bonds is 8. The van der Waals surface area contributed by atoms with E-state index >= 15 is 0 Å². The molecule has 0 radical (unpaired) electrons. The molecule has 1 atom stereocenters. The monoisotopic (exact) mass is 612 g/mol. The minimum absolute atomic E-state index is 0.0195. The summed E-state index contributed by atoms with van der Waals surface area (Å²) in [6.45, 7) is 24.2. The van der Waals surface area contributed by atoms with Gasteiger partial charge >= 0.3 is 12.2 Å². The maximum Gasteiger partial charge on any atom is 0.435 e. The standard InChI is InChI=1S/C32H48N4O6Si/c1-21-26-16-22(13-14-27(26)36(35-21)29(38)42-31(5,6)7)23-15-24(18-33-17-23)40-25(19-34-28(37)41-30(2,3)4)20-39-43(11,12)32(8,9)10/h13-18,25H,19-20H2,1-12H3,(H,34,37). The fraction of sp³-hybridized carbons (Fsp3) is 0.562. The molecule has 0 aliphatic heterocycles. The van der Waals surface area contributed by atoms with Gasteiger partial charge in [-0.25, -0.2) is 9.59 Å². The Kier molecular flexibility index (Phi) is 10.0. The third-order valence-electron chi connectivity index (χ3n) is 7.09. The molecular weight excluding hydrogens is 564 g/mol. The molecule has 1 amide bonds. The molecule has 0 spiro atoms. The molecule has 2 heterocycles. The third-order valence-corrected chi connectivity index (χ3v) is 11.6. The van der Waals surface area contributed by atoms with Gasteiger partial charge in [-0.2, -0.15) is 9.78 Å². The van der Waals surface area contributed by atoms with Crippen LogP contribution in [0.3, 0.4) is 0 Å². The van der Waals surface area contributed by atoms with E-state index < -0.39 is 37.8 Å². The molecule has 3 aromatic rings. The number of pyridine rings is 1. The van der Waals surface area contributed by atoms with Crippen LogP contribution in [-0.2, 0) is 13.9 Å². The lowest BCUT2D eigenvalue weighted by Crippen LogP contribution is -2.46. The van der Waals surface area contributed by atoms with Crippen LogP contribution in [0.2, 0.25) is 18.1 Å². The van der Waals surface area contributed by atoms with Gasteiger partial charge in [-0.05, 0) is 90.4 Å². The van der Waals surface area contributed by atoms with Crippen molar-refractivity contribution in [2.24, 2.45) is 0 Å². The molecule has 3 rings (SSSR count). The number of nitrogens with zero attached hydrogens (tertiary/aromatic N) is 3. The maximum atomic E-state index is 12.7. The fourth-order valence-electron chi connectivity index (χ4n) is 3.89. The number of aromatic nitrogens is 3. The molecule has 0 aliphatic rings. The Morgan fingerprint density at radius 3 is 2.19 bits per heavy atom. The van der Waals surface area contributed by atoms with Crippen molar-refractivity contribution >= 4 is 31.4 Å². The van der Waals surface area contributed by atoms with Crippen LogP contribution in [0.1, 0.15) is 68.0 Å². The van der Waals surface area contributed by atoms with Crippen LogP contribution in [0, 0.1) is 6.92 Å². The topological polar surface area (TPSA) is 114 Å². The van der Waals surface area contributed by atoms with Crippen LogP contribution in [0.4, 0.5) is 9.59 Å². The van der Waals surface area contributed by atoms with E-state index in [1.165, 1.54) is 4.68 Å². The lowest BCUT2D eigenvalue weighted by Gasteiger charge is -2.37. The first-order chi connectivity index (χ1) is 19.6. The zero-order valence-corrected chi connectivity index (χ0v) is 28.7. The second-order valence-corrected chi connectivity index (χ2v) is 19.1. The summed E-state index contributed by atoms with van der Waals surface area (Å²) in [5.41, 5.74) is 1.84. The normalized spacial score (nSPS) is 13.5. The lowest BCUT2D eigenvalue weighted by atomic mass is 10.0. The van der Waals surface area contributed by atoms with Crippen molar-refractivity contribution in [1.82, 2.24) is 20.1 Å². The first kappa shape index (κ1) is 34.1. The largest absolute Gasteiger partial charge is 0.485 e. The number of aryl methyl sites for hydroxylation is 1. The van der Waals surface area contributed by atoms with Crippen molar-refractivity contribution < 1.29 is 28.2 Å². The first-order valence-corrected chi connectivity index (χ1v) is 17.5. The third kappa shape index (κ3) is 9.52. The van der Waals surface area contributed by atoms with Crippen molar-refractivity contribution in [1.29, 1.82) is 0 Å². The molecule has 1 N–H and O–H groups in total. The van der Waals surface area contributed by atoms with E-state index in [2.05, 4.69) is 49.3 Å². The predicted octanol–water partition coefficient (Wildman–Crippen LogP) is 7.48. The van der Waals surface area contributed by atoms with Crippen LogP contribution in [0.15, 0.2) is 36.7 Å². The molecule has 43 heavy (non-hydrogen) atoms. The number of carbonyl (C=O) groups excluding carboxylic acids is 2. The van der Waals surface area contributed by atoms with E-state index in [0.29, 0.717) is 23.6 Å². The number of benzene rings is 1. The molecule has 0 aliphatic carbocycles. The molecule has 1 unspecified atom stereocenters. The predicted molar refractivity (Wildman–Crippen MR) is 171 cm³/mol. The average Bonchev–Trinajstić information content (AvgIpc) is 3.19. The second kappa shape index (κ2) is 12.7. The molecule has 10 nitrogen and oxygen atoms in total. The first-order valence-electron chi connectivity index (χ1n) is 14.6. The average molecular weight is 613 g/mol. The minimum atomic E-state index is -2.07. The molecule has 0 saturated carbocycles. The van der Waals surface area contributed by atoms with E-state index in [9.17, 15) is 9.59 Å². The summed E-state index contributed by atoms with van der Waals surface area (Å²) < 4.78 is 25.0. The summed E-state index contributed by atoms with van der Waals surface area (Å²) in [6.07, 6.45) is 1.87. The van der Waals surface area contributed by atoms with Crippen molar-refractivity contribution in [3.8, 4) is 16.9 Å². The summed E-state index contributed by atoms with van der Waals surface area (Å²) in [4.78, 5) is 29.5. The van der Waals surface area contributed by atoms with E-state index in [4.69, 9.17) is 18.6 Å². The number of amides is 1. The SMILES string of the molecule is Cc1nn(C(=O)OC(C)(C)C)c2ccc(-c3cncc(OC(CNC(=O)OC(C)(C)C)CO[Si](C)(C)C(C)(C)C)c3)cc12. The lowest BCUT2D eigenvalue weighted by molar-refractivity contribution is 0.0476. The van der Waals surface area contributed by atoms with Gasteiger partial charge in [-0.15, -0.1) is 0 Å². The van der Waals surface area contributed by atoms with E-state index in [1.807, 2.05) is 72.7 Å². The van der Waals surface area contributed by atoms with Crippen LogP contribution in [0.5, 0.6) is 5.75 Å². The summed E-state index contributed by atoms with van der Waals surface area (Å²) in [7, 11) is -2.07. The Balaban J connectivity index is 1.85. The zero-order valence-electron chi connectivity index (χ0n) is 27.7. The number of alkyl carbamates (subject to hydrolysis) is 1. The van der Waals surface area contributed by atoms with Crippen LogP contribution in [0.25, 0.3) is 22.0 Å². The quantitative estimate of drug-likeness (QED) is 0.260. The fourth-order valence-corrected chi connectivity index (χ4v) is 4.93.